The fraction of sp³-hybridized carbons (Fsp3) is 0.529. The summed E-state index contributed by atoms with van der Waals surface area (Å²) in [5.41, 5.74) is -2.33. The van der Waals surface area contributed by atoms with Crippen molar-refractivity contribution in [3.63, 3.8) is 0 Å². The number of alkyl halides is 3. The lowest BCUT2D eigenvalue weighted by Crippen LogP contribution is -2.37. The van der Waals surface area contributed by atoms with Gasteiger partial charge in [0.15, 0.2) is 0 Å². The zero-order valence-electron chi connectivity index (χ0n) is 13.8. The summed E-state index contributed by atoms with van der Waals surface area (Å²) in [6.07, 6.45) is -2.46. The van der Waals surface area contributed by atoms with E-state index in [-0.39, 0.29) is 24.0 Å². The average molecular weight is 391 g/mol. The van der Waals surface area contributed by atoms with Gasteiger partial charge < -0.3 is 10.4 Å². The van der Waals surface area contributed by atoms with E-state index in [0.717, 1.165) is 18.9 Å². The highest BCUT2D eigenvalue weighted by Crippen LogP contribution is 2.48. The van der Waals surface area contributed by atoms with Crippen LogP contribution in [0.15, 0.2) is 18.2 Å². The topological polar surface area (TPSA) is 69.6 Å². The van der Waals surface area contributed by atoms with Crippen LogP contribution in [0.2, 0.25) is 5.02 Å². The van der Waals surface area contributed by atoms with E-state index in [9.17, 15) is 27.9 Å². The van der Waals surface area contributed by atoms with Crippen molar-refractivity contribution in [3.05, 3.63) is 28.8 Å². The largest absolute Gasteiger partial charge is 0.481 e. The Hall–Kier alpha value is -1.80. The van der Waals surface area contributed by atoms with Gasteiger partial charge in [-0.15, -0.1) is 0 Å². The van der Waals surface area contributed by atoms with E-state index in [4.69, 9.17) is 11.6 Å². The van der Waals surface area contributed by atoms with Gasteiger partial charge in [-0.3, -0.25) is 14.5 Å². The third-order valence-electron chi connectivity index (χ3n) is 5.32. The summed E-state index contributed by atoms with van der Waals surface area (Å²) in [6.45, 7) is 0.511. The van der Waals surface area contributed by atoms with Crippen LogP contribution in [-0.4, -0.2) is 41.5 Å². The second-order valence-electron chi connectivity index (χ2n) is 6.93. The first-order valence-corrected chi connectivity index (χ1v) is 8.62. The summed E-state index contributed by atoms with van der Waals surface area (Å²) in [6, 6.07) is 3.28. The number of fused-ring (bicyclic) bond motifs is 1. The van der Waals surface area contributed by atoms with Crippen molar-refractivity contribution in [2.75, 3.05) is 25.0 Å². The second kappa shape index (κ2) is 6.74. The number of para-hydroxylation sites is 1. The molecule has 142 valence electrons. The van der Waals surface area contributed by atoms with Crippen molar-refractivity contribution in [3.8, 4) is 0 Å². The van der Waals surface area contributed by atoms with Crippen molar-refractivity contribution < 1.29 is 27.9 Å². The predicted octanol–water partition coefficient (Wildman–Crippen LogP) is 3.48. The Bertz CT molecular complexity index is 740. The number of carboxylic acids is 1. The molecule has 3 rings (SSSR count). The molecule has 26 heavy (non-hydrogen) atoms. The number of hydrogen-bond donors (Lipinski definition) is 2. The number of carboxylic acid groups (broad SMARTS) is 1. The van der Waals surface area contributed by atoms with Crippen molar-refractivity contribution in [2.45, 2.75) is 25.4 Å². The highest BCUT2D eigenvalue weighted by Gasteiger charge is 2.54. The Kier molecular flexibility index (Phi) is 4.92. The van der Waals surface area contributed by atoms with E-state index in [1.165, 1.54) is 12.1 Å². The molecule has 0 radical (unpaired) electrons. The van der Waals surface area contributed by atoms with Gasteiger partial charge in [-0.05, 0) is 30.9 Å². The van der Waals surface area contributed by atoms with Gasteiger partial charge in [-0.25, -0.2) is 0 Å². The maximum atomic E-state index is 13.1. The van der Waals surface area contributed by atoms with Crippen LogP contribution in [-0.2, 0) is 15.8 Å². The number of hydrogen-bond acceptors (Lipinski definition) is 3. The van der Waals surface area contributed by atoms with Gasteiger partial charge in [-0.2, -0.15) is 13.2 Å². The summed E-state index contributed by atoms with van der Waals surface area (Å²) in [7, 11) is 0. The van der Waals surface area contributed by atoms with Gasteiger partial charge in [0.1, 0.15) is 0 Å². The summed E-state index contributed by atoms with van der Waals surface area (Å²) >= 11 is 5.83. The summed E-state index contributed by atoms with van der Waals surface area (Å²) in [4.78, 5) is 25.6. The Labute approximate surface area is 153 Å². The molecule has 0 aromatic heterocycles. The minimum Gasteiger partial charge on any atom is -0.481 e. The number of carbonyl (C=O) groups excluding carboxylic acids is 1. The number of nitrogens with zero attached hydrogens (tertiary/aromatic N) is 1. The van der Waals surface area contributed by atoms with E-state index in [1.807, 2.05) is 0 Å². The van der Waals surface area contributed by atoms with Crippen LogP contribution in [0.25, 0.3) is 0 Å². The van der Waals surface area contributed by atoms with Crippen LogP contribution >= 0.6 is 11.6 Å². The summed E-state index contributed by atoms with van der Waals surface area (Å²) in [5.74, 6) is -1.55. The molecular weight excluding hydrogens is 373 g/mol. The van der Waals surface area contributed by atoms with E-state index in [1.54, 1.807) is 4.90 Å². The molecule has 2 N–H and O–H groups in total. The first kappa shape index (κ1) is 19.0. The predicted molar refractivity (Wildman–Crippen MR) is 88.9 cm³/mol. The highest BCUT2D eigenvalue weighted by atomic mass is 35.5. The molecular formula is C17H18ClF3N2O3. The molecule has 1 aromatic rings. The molecule has 1 aromatic carbocycles. The Morgan fingerprint density at radius 1 is 1.38 bits per heavy atom. The number of rotatable bonds is 4. The monoisotopic (exact) mass is 390 g/mol. The fourth-order valence-electron chi connectivity index (χ4n) is 4.13. The molecule has 1 saturated heterocycles. The van der Waals surface area contributed by atoms with Crippen molar-refractivity contribution in [1.29, 1.82) is 0 Å². The summed E-state index contributed by atoms with van der Waals surface area (Å²) < 4.78 is 39.3. The third kappa shape index (κ3) is 3.40. The van der Waals surface area contributed by atoms with Crippen LogP contribution in [0.5, 0.6) is 0 Å². The number of aliphatic carboxylic acids is 1. The lowest BCUT2D eigenvalue weighted by molar-refractivity contribution is -0.149. The highest BCUT2D eigenvalue weighted by molar-refractivity contribution is 6.34. The van der Waals surface area contributed by atoms with Crippen molar-refractivity contribution in [1.82, 2.24) is 4.90 Å². The zero-order valence-corrected chi connectivity index (χ0v) is 14.5. The molecule has 0 spiro atoms. The van der Waals surface area contributed by atoms with Crippen molar-refractivity contribution in [2.24, 2.45) is 11.3 Å². The molecule has 2 atom stereocenters. The lowest BCUT2D eigenvalue weighted by Gasteiger charge is -2.23. The first-order valence-electron chi connectivity index (χ1n) is 8.25. The van der Waals surface area contributed by atoms with Gasteiger partial charge >= 0.3 is 12.1 Å². The van der Waals surface area contributed by atoms with Crippen LogP contribution in [0, 0.1) is 11.3 Å². The van der Waals surface area contributed by atoms with Crippen LogP contribution in [0.4, 0.5) is 18.9 Å². The molecule has 9 heteroatoms. The molecule has 2 fully saturated rings. The Morgan fingerprint density at radius 2 is 2.12 bits per heavy atom. The Morgan fingerprint density at radius 3 is 2.73 bits per heavy atom. The van der Waals surface area contributed by atoms with Crippen LogP contribution in [0.1, 0.15) is 24.8 Å². The number of halogens is 4. The van der Waals surface area contributed by atoms with Crippen LogP contribution < -0.4 is 5.32 Å². The maximum absolute atomic E-state index is 13.1. The van der Waals surface area contributed by atoms with E-state index < -0.39 is 34.7 Å². The molecule has 0 bridgehead atoms. The smallest absolute Gasteiger partial charge is 0.418 e. The van der Waals surface area contributed by atoms with Crippen molar-refractivity contribution >= 4 is 29.2 Å². The molecule has 1 heterocycles. The average Bonchev–Trinajstić information content (AvgIpc) is 3.05. The number of likely N-dealkylation sites (tertiary alicyclic amines) is 1. The molecule has 1 aliphatic carbocycles. The van der Waals surface area contributed by atoms with Gasteiger partial charge in [0.05, 0.1) is 28.2 Å². The van der Waals surface area contributed by atoms with E-state index in [0.29, 0.717) is 13.0 Å². The van der Waals surface area contributed by atoms with Gasteiger partial charge in [-0.1, -0.05) is 24.1 Å². The number of anilines is 1. The first-order chi connectivity index (χ1) is 12.1. The minimum atomic E-state index is -4.65. The number of nitrogens with one attached hydrogen (secondary N) is 1. The Balaban J connectivity index is 1.71. The number of amides is 1. The second-order valence-corrected chi connectivity index (χ2v) is 7.34. The van der Waals surface area contributed by atoms with E-state index >= 15 is 0 Å². The molecule has 1 saturated carbocycles. The number of carbonyl (C=O) groups is 2. The standard InChI is InChI=1S/C17H18ClF3N2O3/c18-12-5-1-4-11(17(19,20)21)14(12)22-13(24)8-23-7-10-3-2-6-16(10,9-23)15(25)26/h1,4-5,10H,2-3,6-9H2,(H,22,24)(H,25,26)/t10-,16+/m0/s1. The normalized spacial score (nSPS) is 25.9. The lowest BCUT2D eigenvalue weighted by atomic mass is 9.81. The minimum absolute atomic E-state index is 0.0288. The number of benzene rings is 1. The SMILES string of the molecule is O=C(CN1C[C@@H]2CCC[C@@]2(C(=O)O)C1)Nc1c(Cl)cccc1C(F)(F)F. The van der Waals surface area contributed by atoms with Gasteiger partial charge in [0.25, 0.3) is 0 Å². The molecule has 0 unspecified atom stereocenters. The van der Waals surface area contributed by atoms with E-state index in [2.05, 4.69) is 5.32 Å². The zero-order chi connectivity index (χ0) is 19.1. The third-order valence-corrected chi connectivity index (χ3v) is 5.63. The molecule has 1 aliphatic heterocycles. The maximum Gasteiger partial charge on any atom is 0.418 e. The molecule has 5 nitrogen and oxygen atoms in total. The fourth-order valence-corrected chi connectivity index (χ4v) is 4.35. The molecule has 1 amide bonds. The quantitative estimate of drug-likeness (QED) is 0.825. The summed E-state index contributed by atoms with van der Waals surface area (Å²) in [5, 5.41) is 11.6. The van der Waals surface area contributed by atoms with Crippen LogP contribution in [0.3, 0.4) is 0 Å². The van der Waals surface area contributed by atoms with Gasteiger partial charge in [0.2, 0.25) is 5.91 Å². The van der Waals surface area contributed by atoms with Gasteiger partial charge in [0, 0.05) is 13.1 Å². The molecule has 2 aliphatic rings.